The highest BCUT2D eigenvalue weighted by atomic mass is 32.1. The van der Waals surface area contributed by atoms with Crippen molar-refractivity contribution in [1.29, 1.82) is 0 Å². The number of methoxy groups -OCH3 is 1. The fourth-order valence-corrected chi connectivity index (χ4v) is 1.92. The molecule has 1 heterocycles. The molecule has 0 radical (unpaired) electrons. The van der Waals surface area contributed by atoms with Gasteiger partial charge in [-0.3, -0.25) is 4.79 Å². The van der Waals surface area contributed by atoms with Gasteiger partial charge in [0.1, 0.15) is 5.75 Å². The van der Waals surface area contributed by atoms with Crippen molar-refractivity contribution >= 4 is 23.1 Å². The second-order valence-corrected chi connectivity index (χ2v) is 4.28. The molecule has 6 nitrogen and oxygen atoms in total. The van der Waals surface area contributed by atoms with Crippen LogP contribution < -0.4 is 15.8 Å². The average molecular weight is 288 g/mol. The Morgan fingerprint density at radius 1 is 1.55 bits per heavy atom. The summed E-state index contributed by atoms with van der Waals surface area (Å²) in [5.74, 6) is 5.85. The van der Waals surface area contributed by atoms with E-state index in [-0.39, 0.29) is 18.1 Å². The Kier molecular flexibility index (Phi) is 4.65. The normalized spacial score (nSPS) is 9.50. The summed E-state index contributed by atoms with van der Waals surface area (Å²) in [6, 6.07) is 5.25. The van der Waals surface area contributed by atoms with Crippen LogP contribution in [-0.2, 0) is 0 Å². The van der Waals surface area contributed by atoms with E-state index in [0.717, 1.165) is 17.1 Å². The van der Waals surface area contributed by atoms with Crippen molar-refractivity contribution in [1.82, 2.24) is 9.59 Å². The average Bonchev–Trinajstić information content (AvgIpc) is 2.99. The van der Waals surface area contributed by atoms with Gasteiger partial charge in [0, 0.05) is 10.9 Å². The number of hydrogen-bond acceptors (Lipinski definition) is 6. The first-order valence-electron chi connectivity index (χ1n) is 5.70. The fraction of sp³-hybridized carbons (Fsp3) is 0.154. The molecule has 0 saturated carbocycles. The van der Waals surface area contributed by atoms with Gasteiger partial charge in [-0.25, -0.2) is 0 Å². The van der Waals surface area contributed by atoms with Crippen LogP contribution in [0.15, 0.2) is 23.6 Å². The van der Waals surface area contributed by atoms with E-state index in [1.165, 1.54) is 7.11 Å². The minimum absolute atomic E-state index is 0.260. The number of nitrogens with zero attached hydrogens (tertiary/aromatic N) is 2. The zero-order chi connectivity index (χ0) is 14.4. The van der Waals surface area contributed by atoms with Crippen molar-refractivity contribution in [3.8, 4) is 17.6 Å². The number of aromatic nitrogens is 2. The third kappa shape index (κ3) is 3.32. The fourth-order valence-electron chi connectivity index (χ4n) is 1.49. The molecule has 0 unspecified atom stereocenters. The van der Waals surface area contributed by atoms with Crippen LogP contribution in [-0.4, -0.2) is 29.1 Å². The molecule has 3 N–H and O–H groups in total. The van der Waals surface area contributed by atoms with Gasteiger partial charge in [-0.1, -0.05) is 16.3 Å². The van der Waals surface area contributed by atoms with Crippen LogP contribution in [0.25, 0.3) is 0 Å². The Morgan fingerprint density at radius 3 is 3.05 bits per heavy atom. The summed E-state index contributed by atoms with van der Waals surface area (Å²) in [4.78, 5) is 12.0. The summed E-state index contributed by atoms with van der Waals surface area (Å²) in [5.41, 5.74) is 6.85. The van der Waals surface area contributed by atoms with E-state index in [9.17, 15) is 4.79 Å². The number of anilines is 1. The number of hydrogen-bond donors (Lipinski definition) is 2. The number of nitrogens with two attached hydrogens (primary N) is 1. The van der Waals surface area contributed by atoms with Gasteiger partial charge in [0.2, 0.25) is 0 Å². The van der Waals surface area contributed by atoms with E-state index in [2.05, 4.69) is 26.7 Å². The van der Waals surface area contributed by atoms with Crippen molar-refractivity contribution in [2.75, 3.05) is 19.0 Å². The monoisotopic (exact) mass is 288 g/mol. The molecule has 2 rings (SSSR count). The Labute approximate surface area is 120 Å². The minimum Gasteiger partial charge on any atom is -0.495 e. The highest BCUT2D eigenvalue weighted by Crippen LogP contribution is 2.25. The van der Waals surface area contributed by atoms with Crippen LogP contribution in [0.1, 0.15) is 16.1 Å². The van der Waals surface area contributed by atoms with Gasteiger partial charge in [-0.05, 0) is 29.7 Å². The van der Waals surface area contributed by atoms with E-state index in [1.807, 2.05) is 0 Å². The number of carbonyl (C=O) groups is 1. The van der Waals surface area contributed by atoms with Crippen molar-refractivity contribution < 1.29 is 9.53 Å². The first-order chi connectivity index (χ1) is 9.74. The van der Waals surface area contributed by atoms with Crippen molar-refractivity contribution in [2.24, 2.45) is 5.73 Å². The highest BCUT2D eigenvalue weighted by Gasteiger charge is 2.12. The summed E-state index contributed by atoms with van der Waals surface area (Å²) < 4.78 is 8.85. The summed E-state index contributed by atoms with van der Waals surface area (Å²) in [6.45, 7) is 0.276. The number of ether oxygens (including phenoxy) is 1. The van der Waals surface area contributed by atoms with E-state index < -0.39 is 0 Å². The SMILES string of the molecule is COc1ccc(C#CCN)cc1NC(=O)c1csnn1. The number of carbonyl (C=O) groups excluding carboxylic acids is 1. The number of rotatable bonds is 3. The Hall–Kier alpha value is -2.43. The zero-order valence-corrected chi connectivity index (χ0v) is 11.5. The number of amides is 1. The molecule has 0 saturated heterocycles. The quantitative estimate of drug-likeness (QED) is 0.826. The van der Waals surface area contributed by atoms with Crippen LogP contribution in [0.4, 0.5) is 5.69 Å². The Morgan fingerprint density at radius 2 is 2.40 bits per heavy atom. The molecule has 0 atom stereocenters. The predicted molar refractivity (Wildman–Crippen MR) is 76.8 cm³/mol. The molecule has 0 aliphatic carbocycles. The molecule has 7 heteroatoms. The maximum Gasteiger partial charge on any atom is 0.277 e. The van der Waals surface area contributed by atoms with Gasteiger partial charge in [0.15, 0.2) is 5.69 Å². The first kappa shape index (κ1) is 14.0. The van der Waals surface area contributed by atoms with Gasteiger partial charge in [0.05, 0.1) is 19.3 Å². The molecule has 0 bridgehead atoms. The predicted octanol–water partition coefficient (Wildman–Crippen LogP) is 1.11. The summed E-state index contributed by atoms with van der Waals surface area (Å²) >= 11 is 1.11. The third-order valence-corrected chi connectivity index (χ3v) is 2.88. The molecular formula is C13H12N4O2S. The summed E-state index contributed by atoms with van der Waals surface area (Å²) in [5, 5.41) is 8.00. The third-order valence-electron chi connectivity index (χ3n) is 2.38. The van der Waals surface area contributed by atoms with Crippen molar-refractivity contribution in [3.05, 3.63) is 34.8 Å². The minimum atomic E-state index is -0.346. The van der Waals surface area contributed by atoms with Crippen LogP contribution >= 0.6 is 11.5 Å². The van der Waals surface area contributed by atoms with Crippen LogP contribution in [0.2, 0.25) is 0 Å². The lowest BCUT2D eigenvalue weighted by Gasteiger charge is -2.09. The molecule has 0 aliphatic heterocycles. The largest absolute Gasteiger partial charge is 0.495 e. The maximum atomic E-state index is 12.0. The first-order valence-corrected chi connectivity index (χ1v) is 6.53. The maximum absolute atomic E-state index is 12.0. The molecule has 102 valence electrons. The second kappa shape index (κ2) is 6.65. The van der Waals surface area contributed by atoms with Gasteiger partial charge in [-0.2, -0.15) is 0 Å². The molecular weight excluding hydrogens is 276 g/mol. The summed E-state index contributed by atoms with van der Waals surface area (Å²) in [7, 11) is 1.53. The lowest BCUT2D eigenvalue weighted by atomic mass is 10.2. The molecule has 1 amide bonds. The van der Waals surface area contributed by atoms with Crippen LogP contribution in [0, 0.1) is 11.8 Å². The van der Waals surface area contributed by atoms with E-state index in [4.69, 9.17) is 10.5 Å². The molecule has 1 aromatic carbocycles. The van der Waals surface area contributed by atoms with Gasteiger partial charge in [-0.15, -0.1) is 5.10 Å². The lowest BCUT2D eigenvalue weighted by molar-refractivity contribution is 0.102. The molecule has 0 spiro atoms. The second-order valence-electron chi connectivity index (χ2n) is 3.67. The highest BCUT2D eigenvalue weighted by molar-refractivity contribution is 7.03. The number of nitrogens with one attached hydrogen (secondary N) is 1. The topological polar surface area (TPSA) is 90.1 Å². The smallest absolute Gasteiger partial charge is 0.277 e. The van der Waals surface area contributed by atoms with Gasteiger partial charge in [0.25, 0.3) is 5.91 Å². The van der Waals surface area contributed by atoms with Crippen LogP contribution in [0.3, 0.4) is 0 Å². The molecule has 20 heavy (non-hydrogen) atoms. The molecule has 0 aliphatic rings. The molecule has 1 aromatic heterocycles. The number of benzene rings is 1. The molecule has 0 fully saturated rings. The Balaban J connectivity index is 2.26. The summed E-state index contributed by atoms with van der Waals surface area (Å²) in [6.07, 6.45) is 0. The van der Waals surface area contributed by atoms with Gasteiger partial charge >= 0.3 is 0 Å². The van der Waals surface area contributed by atoms with E-state index in [0.29, 0.717) is 11.4 Å². The Bertz CT molecular complexity index is 659. The van der Waals surface area contributed by atoms with Crippen LogP contribution in [0.5, 0.6) is 5.75 Å². The van der Waals surface area contributed by atoms with Crippen molar-refractivity contribution in [3.63, 3.8) is 0 Å². The van der Waals surface area contributed by atoms with E-state index >= 15 is 0 Å². The standard InChI is InChI=1S/C13H12N4O2S/c1-19-12-5-4-9(3-2-6-14)7-10(12)15-13(18)11-8-20-17-16-11/h4-5,7-8H,6,14H2,1H3,(H,15,18). The molecule has 2 aromatic rings. The lowest BCUT2D eigenvalue weighted by Crippen LogP contribution is -2.13. The van der Waals surface area contributed by atoms with E-state index in [1.54, 1.807) is 23.6 Å². The van der Waals surface area contributed by atoms with Gasteiger partial charge < -0.3 is 15.8 Å². The zero-order valence-electron chi connectivity index (χ0n) is 10.7. The van der Waals surface area contributed by atoms with Crippen molar-refractivity contribution in [2.45, 2.75) is 0 Å².